The number of unbranched alkanes of at least 4 members (excludes halogenated alkanes) is 3. The van der Waals surface area contributed by atoms with E-state index in [1.54, 1.807) is 0 Å². The number of hydrogen-bond acceptors (Lipinski definition) is 2. The van der Waals surface area contributed by atoms with E-state index >= 15 is 0 Å². The Morgan fingerprint density at radius 2 is 2.11 bits per heavy atom. The van der Waals surface area contributed by atoms with Crippen molar-refractivity contribution >= 4 is 0 Å². The van der Waals surface area contributed by atoms with E-state index < -0.39 is 0 Å². The summed E-state index contributed by atoms with van der Waals surface area (Å²) in [5.74, 6) is 0. The average molecular weight is 246 g/mol. The van der Waals surface area contributed by atoms with Crippen molar-refractivity contribution in [2.45, 2.75) is 52.1 Å². The minimum absolute atomic E-state index is 0.446. The van der Waals surface area contributed by atoms with Gasteiger partial charge in [-0.2, -0.15) is 0 Å². The maximum Gasteiger partial charge on any atom is 0.0477 e. The first-order chi connectivity index (χ1) is 8.76. The van der Waals surface area contributed by atoms with Crippen LogP contribution in [-0.2, 0) is 6.54 Å². The molecule has 18 heavy (non-hydrogen) atoms. The number of benzene rings is 1. The molecule has 0 spiro atoms. The molecule has 1 atom stereocenters. The molecule has 1 heterocycles. The summed E-state index contributed by atoms with van der Waals surface area (Å²) in [6.45, 7) is 7.44. The molecule has 0 saturated carbocycles. The maximum absolute atomic E-state index is 5.98. The number of hydrogen-bond donors (Lipinski definition) is 1. The Balaban J connectivity index is 1.99. The average Bonchev–Trinajstić information content (AvgIpc) is 2.71. The van der Waals surface area contributed by atoms with Gasteiger partial charge in [0.15, 0.2) is 0 Å². The van der Waals surface area contributed by atoms with Crippen molar-refractivity contribution in [3.8, 4) is 0 Å². The van der Waals surface area contributed by atoms with Crippen molar-refractivity contribution in [1.82, 2.24) is 4.90 Å². The van der Waals surface area contributed by atoms with Gasteiger partial charge in [-0.25, -0.2) is 0 Å². The van der Waals surface area contributed by atoms with Crippen LogP contribution < -0.4 is 5.73 Å². The van der Waals surface area contributed by atoms with Gasteiger partial charge >= 0.3 is 0 Å². The van der Waals surface area contributed by atoms with Crippen molar-refractivity contribution in [3.05, 3.63) is 34.9 Å². The maximum atomic E-state index is 5.98. The third-order valence-corrected chi connectivity index (χ3v) is 4.00. The molecule has 1 aromatic carbocycles. The van der Waals surface area contributed by atoms with Crippen LogP contribution in [0.5, 0.6) is 0 Å². The van der Waals surface area contributed by atoms with Gasteiger partial charge in [0, 0.05) is 19.1 Å². The van der Waals surface area contributed by atoms with Gasteiger partial charge in [-0.05, 0) is 31.0 Å². The highest BCUT2D eigenvalue weighted by molar-refractivity contribution is 5.37. The molecule has 0 radical (unpaired) electrons. The molecule has 0 aliphatic carbocycles. The van der Waals surface area contributed by atoms with Crippen LogP contribution in [0.1, 0.15) is 55.3 Å². The molecule has 2 nitrogen and oxygen atoms in total. The lowest BCUT2D eigenvalue weighted by Gasteiger charge is -2.23. The van der Waals surface area contributed by atoms with Crippen LogP contribution in [0.3, 0.4) is 0 Å². The quantitative estimate of drug-likeness (QED) is 0.780. The largest absolute Gasteiger partial charge is 0.329 e. The summed E-state index contributed by atoms with van der Waals surface area (Å²) >= 11 is 0. The smallest absolute Gasteiger partial charge is 0.0477 e. The lowest BCUT2D eigenvalue weighted by atomic mass is 10.0. The lowest BCUT2D eigenvalue weighted by molar-refractivity contribution is 0.215. The molecule has 0 fully saturated rings. The molecule has 1 aliphatic heterocycles. The van der Waals surface area contributed by atoms with E-state index in [2.05, 4.69) is 36.9 Å². The molecule has 0 bridgehead atoms. The first-order valence-corrected chi connectivity index (χ1v) is 7.29. The van der Waals surface area contributed by atoms with Crippen LogP contribution in [0, 0.1) is 6.92 Å². The molecular formula is C16H26N2. The van der Waals surface area contributed by atoms with E-state index in [4.69, 9.17) is 5.73 Å². The Kier molecular flexibility index (Phi) is 4.79. The van der Waals surface area contributed by atoms with Gasteiger partial charge < -0.3 is 5.73 Å². The van der Waals surface area contributed by atoms with E-state index in [0.717, 1.165) is 13.1 Å². The second kappa shape index (κ2) is 6.35. The molecule has 2 rings (SSSR count). The van der Waals surface area contributed by atoms with E-state index in [0.29, 0.717) is 6.04 Å². The number of nitrogens with two attached hydrogens (primary N) is 1. The lowest BCUT2D eigenvalue weighted by Crippen LogP contribution is -2.28. The number of aryl methyl sites for hydroxylation is 1. The van der Waals surface area contributed by atoms with E-state index in [9.17, 15) is 0 Å². The summed E-state index contributed by atoms with van der Waals surface area (Å²) in [7, 11) is 0. The third kappa shape index (κ3) is 2.93. The first-order valence-electron chi connectivity index (χ1n) is 7.29. The Bertz CT molecular complexity index is 387. The second-order valence-electron chi connectivity index (χ2n) is 5.48. The third-order valence-electron chi connectivity index (χ3n) is 4.00. The van der Waals surface area contributed by atoms with Crippen LogP contribution in [0.25, 0.3) is 0 Å². The minimum atomic E-state index is 0.446. The molecule has 0 aromatic heterocycles. The topological polar surface area (TPSA) is 29.3 Å². The molecule has 0 saturated heterocycles. The summed E-state index contributed by atoms with van der Waals surface area (Å²) in [5.41, 5.74) is 10.3. The molecule has 2 heteroatoms. The number of fused-ring (bicyclic) bond motifs is 1. The summed E-state index contributed by atoms with van der Waals surface area (Å²) in [5, 5.41) is 0. The van der Waals surface area contributed by atoms with Gasteiger partial charge in [0.1, 0.15) is 0 Å². The predicted octanol–water partition coefficient (Wildman–Crippen LogP) is 3.39. The summed E-state index contributed by atoms with van der Waals surface area (Å²) in [6.07, 6.45) is 5.31. The summed E-state index contributed by atoms with van der Waals surface area (Å²) in [6, 6.07) is 7.26. The van der Waals surface area contributed by atoms with Gasteiger partial charge in [0.05, 0.1) is 0 Å². The normalized spacial score (nSPS) is 19.2. The second-order valence-corrected chi connectivity index (χ2v) is 5.48. The number of nitrogens with zero attached hydrogens (tertiary/aromatic N) is 1. The molecule has 1 aliphatic rings. The zero-order chi connectivity index (χ0) is 13.0. The monoisotopic (exact) mass is 246 g/mol. The van der Waals surface area contributed by atoms with E-state index in [-0.39, 0.29) is 0 Å². The summed E-state index contributed by atoms with van der Waals surface area (Å²) in [4.78, 5) is 2.56. The van der Waals surface area contributed by atoms with Crippen LogP contribution in [-0.4, -0.2) is 18.0 Å². The number of rotatable bonds is 6. The van der Waals surface area contributed by atoms with Gasteiger partial charge in [0.2, 0.25) is 0 Å². The van der Waals surface area contributed by atoms with Crippen LogP contribution in [0.4, 0.5) is 0 Å². The molecular weight excluding hydrogens is 220 g/mol. The van der Waals surface area contributed by atoms with Crippen molar-refractivity contribution in [1.29, 1.82) is 0 Å². The minimum Gasteiger partial charge on any atom is -0.329 e. The molecule has 1 aromatic rings. The standard InChI is InChI=1S/C16H26N2/c1-3-4-5-6-9-18-12-14-8-7-13(2)10-15(14)16(18)11-17/h7-8,10,16H,3-6,9,11-12,17H2,1-2H3. The molecule has 2 N–H and O–H groups in total. The predicted molar refractivity (Wildman–Crippen MR) is 77.5 cm³/mol. The van der Waals surface area contributed by atoms with Crippen LogP contribution in [0.15, 0.2) is 18.2 Å². The fraction of sp³-hybridized carbons (Fsp3) is 0.625. The van der Waals surface area contributed by atoms with E-state index in [1.165, 1.54) is 48.9 Å². The molecule has 0 amide bonds. The summed E-state index contributed by atoms with van der Waals surface area (Å²) < 4.78 is 0. The Hall–Kier alpha value is -0.860. The molecule has 1 unspecified atom stereocenters. The van der Waals surface area contributed by atoms with Gasteiger partial charge in [-0.3, -0.25) is 4.90 Å². The zero-order valence-electron chi connectivity index (χ0n) is 11.8. The highest BCUT2D eigenvalue weighted by atomic mass is 15.2. The van der Waals surface area contributed by atoms with Crippen molar-refractivity contribution in [3.63, 3.8) is 0 Å². The van der Waals surface area contributed by atoms with Gasteiger partial charge in [0.25, 0.3) is 0 Å². The van der Waals surface area contributed by atoms with Crippen molar-refractivity contribution < 1.29 is 0 Å². The highest BCUT2D eigenvalue weighted by Crippen LogP contribution is 2.33. The van der Waals surface area contributed by atoms with Gasteiger partial charge in [-0.15, -0.1) is 0 Å². The Morgan fingerprint density at radius 1 is 1.28 bits per heavy atom. The Morgan fingerprint density at radius 3 is 2.83 bits per heavy atom. The zero-order valence-corrected chi connectivity index (χ0v) is 11.8. The van der Waals surface area contributed by atoms with Gasteiger partial charge in [-0.1, -0.05) is 49.9 Å². The SMILES string of the molecule is CCCCCCN1Cc2ccc(C)cc2C1CN. The Labute approximate surface area is 111 Å². The first kappa shape index (κ1) is 13.6. The van der Waals surface area contributed by atoms with Crippen molar-refractivity contribution in [2.75, 3.05) is 13.1 Å². The van der Waals surface area contributed by atoms with Crippen LogP contribution >= 0.6 is 0 Å². The highest BCUT2D eigenvalue weighted by Gasteiger charge is 2.28. The van der Waals surface area contributed by atoms with Crippen molar-refractivity contribution in [2.24, 2.45) is 5.73 Å². The van der Waals surface area contributed by atoms with E-state index in [1.807, 2.05) is 0 Å². The molecule has 100 valence electrons. The fourth-order valence-corrected chi connectivity index (χ4v) is 2.95. The van der Waals surface area contributed by atoms with Crippen LogP contribution in [0.2, 0.25) is 0 Å². The fourth-order valence-electron chi connectivity index (χ4n) is 2.95.